The first-order valence-electron chi connectivity index (χ1n) is 9.57. The zero-order valence-electron chi connectivity index (χ0n) is 17.3. The second-order valence-electron chi connectivity index (χ2n) is 7.59. The van der Waals surface area contributed by atoms with Crippen LogP contribution in [0.4, 0.5) is 4.39 Å². The van der Waals surface area contributed by atoms with E-state index in [9.17, 15) is 14.0 Å². The van der Waals surface area contributed by atoms with E-state index in [1.807, 2.05) is 45.9 Å². The van der Waals surface area contributed by atoms with Crippen molar-refractivity contribution in [3.63, 3.8) is 0 Å². The van der Waals surface area contributed by atoms with Crippen molar-refractivity contribution in [3.8, 4) is 0 Å². The number of nitrogens with zero attached hydrogens (tertiary/aromatic N) is 1. The molecule has 0 aromatic heterocycles. The van der Waals surface area contributed by atoms with Crippen molar-refractivity contribution in [2.24, 2.45) is 0 Å². The maximum Gasteiger partial charge on any atom is 0.242 e. The molecule has 1 N–H and O–H groups in total. The molecule has 1 atom stereocenters. The first kappa shape index (κ1) is 21.6. The van der Waals surface area contributed by atoms with Gasteiger partial charge in [0.2, 0.25) is 11.8 Å². The fourth-order valence-electron chi connectivity index (χ4n) is 3.03. The van der Waals surface area contributed by atoms with Gasteiger partial charge in [-0.1, -0.05) is 35.9 Å². The molecule has 2 amide bonds. The third-order valence-corrected chi connectivity index (χ3v) is 4.71. The zero-order valence-corrected chi connectivity index (χ0v) is 17.3. The van der Waals surface area contributed by atoms with Gasteiger partial charge in [-0.15, -0.1) is 0 Å². The molecule has 0 bridgehead atoms. The van der Waals surface area contributed by atoms with E-state index in [2.05, 4.69) is 5.32 Å². The van der Waals surface area contributed by atoms with Gasteiger partial charge in [-0.2, -0.15) is 0 Å². The number of carbonyl (C=O) groups is 2. The maximum absolute atomic E-state index is 13.2. The van der Waals surface area contributed by atoms with Gasteiger partial charge in [-0.05, 0) is 63.4 Å². The summed E-state index contributed by atoms with van der Waals surface area (Å²) in [6.45, 7) is 9.70. The van der Waals surface area contributed by atoms with Gasteiger partial charge in [0.25, 0.3) is 0 Å². The standard InChI is InChI=1S/C23H29FN2O2/c1-15(2)25-23(28)18(5)26(14-19-8-10-21(24)11-9-19)22(27)13-20-12-16(3)6-7-17(20)4/h6-12,15,18H,13-14H2,1-5H3,(H,25,28)/t18-/m1/s1. The van der Waals surface area contributed by atoms with E-state index >= 15 is 0 Å². The number of carbonyl (C=O) groups excluding carboxylic acids is 2. The highest BCUT2D eigenvalue weighted by Crippen LogP contribution is 2.16. The average Bonchev–Trinajstić information content (AvgIpc) is 2.63. The SMILES string of the molecule is Cc1ccc(C)c(CC(=O)N(Cc2ccc(F)cc2)[C@H](C)C(=O)NC(C)C)c1. The summed E-state index contributed by atoms with van der Waals surface area (Å²) in [5, 5.41) is 2.86. The van der Waals surface area contributed by atoms with Crippen molar-refractivity contribution in [1.82, 2.24) is 10.2 Å². The first-order valence-corrected chi connectivity index (χ1v) is 9.57. The average molecular weight is 384 g/mol. The fraction of sp³-hybridized carbons (Fsp3) is 0.391. The summed E-state index contributed by atoms with van der Waals surface area (Å²) in [4.78, 5) is 27.3. The van der Waals surface area contributed by atoms with Crippen molar-refractivity contribution in [3.05, 3.63) is 70.5 Å². The Balaban J connectivity index is 2.27. The van der Waals surface area contributed by atoms with Crippen molar-refractivity contribution in [2.75, 3.05) is 0 Å². The number of aryl methyl sites for hydroxylation is 2. The lowest BCUT2D eigenvalue weighted by Crippen LogP contribution is -2.49. The summed E-state index contributed by atoms with van der Waals surface area (Å²) in [7, 11) is 0. The lowest BCUT2D eigenvalue weighted by molar-refractivity contribution is -0.140. The number of hydrogen-bond donors (Lipinski definition) is 1. The molecule has 0 spiro atoms. The molecule has 2 aromatic carbocycles. The summed E-state index contributed by atoms with van der Waals surface area (Å²) in [5.41, 5.74) is 3.86. The van der Waals surface area contributed by atoms with Crippen molar-refractivity contribution in [2.45, 2.75) is 59.7 Å². The van der Waals surface area contributed by atoms with E-state index in [-0.39, 0.29) is 36.6 Å². The highest BCUT2D eigenvalue weighted by molar-refractivity contribution is 5.88. The molecule has 28 heavy (non-hydrogen) atoms. The monoisotopic (exact) mass is 384 g/mol. The molecule has 0 aliphatic rings. The van der Waals surface area contributed by atoms with Crippen molar-refractivity contribution >= 4 is 11.8 Å². The molecule has 0 radical (unpaired) electrons. The van der Waals surface area contributed by atoms with Gasteiger partial charge in [0.1, 0.15) is 11.9 Å². The topological polar surface area (TPSA) is 49.4 Å². The lowest BCUT2D eigenvalue weighted by Gasteiger charge is -2.29. The van der Waals surface area contributed by atoms with Gasteiger partial charge in [-0.25, -0.2) is 4.39 Å². The van der Waals surface area contributed by atoms with E-state index in [1.54, 1.807) is 24.0 Å². The smallest absolute Gasteiger partial charge is 0.242 e. The molecule has 0 aliphatic carbocycles. The van der Waals surface area contributed by atoms with E-state index < -0.39 is 6.04 Å². The molecular formula is C23H29FN2O2. The van der Waals surface area contributed by atoms with E-state index in [0.717, 1.165) is 22.3 Å². The Morgan fingerprint density at radius 3 is 2.29 bits per heavy atom. The number of halogens is 1. The van der Waals surface area contributed by atoms with Crippen LogP contribution in [0.15, 0.2) is 42.5 Å². The molecule has 2 aromatic rings. The Morgan fingerprint density at radius 1 is 1.04 bits per heavy atom. The van der Waals surface area contributed by atoms with Gasteiger partial charge in [0, 0.05) is 12.6 Å². The van der Waals surface area contributed by atoms with Gasteiger partial charge in [0.05, 0.1) is 6.42 Å². The fourth-order valence-corrected chi connectivity index (χ4v) is 3.03. The van der Waals surface area contributed by atoms with E-state index in [0.29, 0.717) is 0 Å². The van der Waals surface area contributed by atoms with Crippen LogP contribution < -0.4 is 5.32 Å². The minimum Gasteiger partial charge on any atom is -0.352 e. The van der Waals surface area contributed by atoms with E-state index in [4.69, 9.17) is 0 Å². The predicted molar refractivity (Wildman–Crippen MR) is 109 cm³/mol. The van der Waals surface area contributed by atoms with Gasteiger partial charge in [0.15, 0.2) is 0 Å². The Morgan fingerprint density at radius 2 is 1.68 bits per heavy atom. The second-order valence-corrected chi connectivity index (χ2v) is 7.59. The van der Waals surface area contributed by atoms with Crippen LogP contribution in [-0.4, -0.2) is 28.8 Å². The number of benzene rings is 2. The third kappa shape index (κ3) is 5.91. The highest BCUT2D eigenvalue weighted by atomic mass is 19.1. The van der Waals surface area contributed by atoms with Crippen LogP contribution in [0.25, 0.3) is 0 Å². The van der Waals surface area contributed by atoms with Gasteiger partial charge < -0.3 is 10.2 Å². The Hall–Kier alpha value is -2.69. The van der Waals surface area contributed by atoms with Crippen molar-refractivity contribution in [1.29, 1.82) is 0 Å². The molecule has 0 saturated carbocycles. The third-order valence-electron chi connectivity index (χ3n) is 4.71. The number of rotatable bonds is 7. The maximum atomic E-state index is 13.2. The Kier molecular flexibility index (Phi) is 7.32. The van der Waals surface area contributed by atoms with E-state index in [1.165, 1.54) is 12.1 Å². The molecule has 0 aliphatic heterocycles. The molecule has 0 heterocycles. The van der Waals surface area contributed by atoms with Crippen LogP contribution in [0, 0.1) is 19.7 Å². The highest BCUT2D eigenvalue weighted by Gasteiger charge is 2.26. The van der Waals surface area contributed by atoms with Crippen LogP contribution in [0.1, 0.15) is 43.0 Å². The summed E-state index contributed by atoms with van der Waals surface area (Å²) < 4.78 is 13.2. The largest absolute Gasteiger partial charge is 0.352 e. The molecule has 0 unspecified atom stereocenters. The summed E-state index contributed by atoms with van der Waals surface area (Å²) in [6.07, 6.45) is 0.216. The normalized spacial score (nSPS) is 12.0. The second kappa shape index (κ2) is 9.49. The van der Waals surface area contributed by atoms with Crippen LogP contribution in [0.3, 0.4) is 0 Å². The lowest BCUT2D eigenvalue weighted by atomic mass is 10.0. The summed E-state index contributed by atoms with van der Waals surface area (Å²) in [5.74, 6) is -0.668. The minimum absolute atomic E-state index is 0.0169. The van der Waals surface area contributed by atoms with Gasteiger partial charge >= 0.3 is 0 Å². The minimum atomic E-state index is -0.634. The molecule has 4 nitrogen and oxygen atoms in total. The van der Waals surface area contributed by atoms with Crippen LogP contribution in [-0.2, 0) is 22.6 Å². The van der Waals surface area contributed by atoms with Crippen molar-refractivity contribution < 1.29 is 14.0 Å². The molecule has 0 saturated heterocycles. The number of amides is 2. The quantitative estimate of drug-likeness (QED) is 0.786. The first-order chi connectivity index (χ1) is 13.2. The molecule has 0 fully saturated rings. The molecule has 150 valence electrons. The summed E-state index contributed by atoms with van der Waals surface area (Å²) in [6, 6.07) is 11.4. The molecule has 5 heteroatoms. The Labute approximate surface area is 166 Å². The number of nitrogens with one attached hydrogen (secondary N) is 1. The van der Waals surface area contributed by atoms with Crippen LogP contribution in [0.5, 0.6) is 0 Å². The summed E-state index contributed by atoms with van der Waals surface area (Å²) >= 11 is 0. The van der Waals surface area contributed by atoms with Crippen LogP contribution in [0.2, 0.25) is 0 Å². The Bertz CT molecular complexity index is 831. The number of hydrogen-bond acceptors (Lipinski definition) is 2. The zero-order chi connectivity index (χ0) is 20.8. The predicted octanol–water partition coefficient (Wildman–Crippen LogP) is 3.93. The van der Waals surface area contributed by atoms with Gasteiger partial charge in [-0.3, -0.25) is 9.59 Å². The van der Waals surface area contributed by atoms with Crippen LogP contribution >= 0.6 is 0 Å². The molecular weight excluding hydrogens is 355 g/mol. The molecule has 2 rings (SSSR count).